The van der Waals surface area contributed by atoms with Gasteiger partial charge in [0.1, 0.15) is 0 Å². The third-order valence-electron chi connectivity index (χ3n) is 5.73. The molecule has 6 heteroatoms. The van der Waals surface area contributed by atoms with Crippen LogP contribution < -0.4 is 10.2 Å². The average Bonchev–Trinajstić information content (AvgIpc) is 3.10. The summed E-state index contributed by atoms with van der Waals surface area (Å²) in [6.07, 6.45) is 5.63. The number of carbonyl (C=O) groups is 3. The number of rotatable bonds is 6. The van der Waals surface area contributed by atoms with E-state index in [1.165, 1.54) is 12.0 Å². The predicted molar refractivity (Wildman–Crippen MR) is 107 cm³/mol. The minimum absolute atomic E-state index is 0.0921. The van der Waals surface area contributed by atoms with Crippen LogP contribution in [0.15, 0.2) is 24.3 Å². The highest BCUT2D eigenvalue weighted by atomic mass is 16.5. The second-order valence-electron chi connectivity index (χ2n) is 7.85. The van der Waals surface area contributed by atoms with E-state index in [1.807, 2.05) is 24.3 Å². The average molecular weight is 386 g/mol. The van der Waals surface area contributed by atoms with Gasteiger partial charge in [0.2, 0.25) is 5.91 Å². The Morgan fingerprint density at radius 1 is 1.18 bits per heavy atom. The predicted octanol–water partition coefficient (Wildman–Crippen LogP) is 2.98. The van der Waals surface area contributed by atoms with E-state index in [0.717, 1.165) is 37.8 Å². The van der Waals surface area contributed by atoms with Gasteiger partial charge in [0.25, 0.3) is 5.91 Å². The summed E-state index contributed by atoms with van der Waals surface area (Å²) in [4.78, 5) is 38.8. The third kappa shape index (κ3) is 4.91. The maximum absolute atomic E-state index is 12.5. The number of nitrogens with zero attached hydrogens (tertiary/aromatic N) is 1. The molecule has 0 bridgehead atoms. The molecule has 1 aromatic rings. The zero-order chi connectivity index (χ0) is 20.1. The minimum Gasteiger partial charge on any atom is -0.452 e. The van der Waals surface area contributed by atoms with Crippen molar-refractivity contribution in [3.8, 4) is 0 Å². The van der Waals surface area contributed by atoms with E-state index in [4.69, 9.17) is 4.74 Å². The fourth-order valence-corrected chi connectivity index (χ4v) is 3.92. The van der Waals surface area contributed by atoms with Crippen LogP contribution >= 0.6 is 0 Å². The number of benzene rings is 1. The fraction of sp³-hybridized carbons (Fsp3) is 0.591. The van der Waals surface area contributed by atoms with Crippen LogP contribution in [0.25, 0.3) is 0 Å². The van der Waals surface area contributed by atoms with Gasteiger partial charge in [-0.3, -0.25) is 14.4 Å². The van der Waals surface area contributed by atoms with E-state index in [-0.39, 0.29) is 24.3 Å². The van der Waals surface area contributed by atoms with Gasteiger partial charge >= 0.3 is 5.97 Å². The number of anilines is 1. The van der Waals surface area contributed by atoms with E-state index in [1.54, 1.807) is 11.8 Å². The number of carbonyl (C=O) groups excluding carboxylic acids is 3. The summed E-state index contributed by atoms with van der Waals surface area (Å²) >= 11 is 0. The molecule has 1 aromatic carbocycles. The standard InChI is InChI=1S/C22H30N2O4/c1-3-16-9-11-19(12-10-16)24-14-17(13-20(24)25)22(27)28-15(2)21(26)23-18-7-5-4-6-8-18/h9-12,15,17-18H,3-8,13-14H2,1-2H3,(H,23,26)/t15-,17+/m1/s1. The SMILES string of the molecule is CCc1ccc(N2C[C@@H](C(=O)O[C@H](C)C(=O)NC3CCCCC3)CC2=O)cc1. The van der Waals surface area contributed by atoms with Crippen LogP contribution in [0.3, 0.4) is 0 Å². The molecule has 6 nitrogen and oxygen atoms in total. The van der Waals surface area contributed by atoms with Crippen LogP contribution in [0.5, 0.6) is 0 Å². The van der Waals surface area contributed by atoms with Crippen molar-refractivity contribution in [1.29, 1.82) is 0 Å². The van der Waals surface area contributed by atoms with Crippen molar-refractivity contribution in [2.24, 2.45) is 5.92 Å². The van der Waals surface area contributed by atoms with E-state index in [0.29, 0.717) is 6.54 Å². The van der Waals surface area contributed by atoms with E-state index < -0.39 is 18.0 Å². The maximum Gasteiger partial charge on any atom is 0.312 e. The largest absolute Gasteiger partial charge is 0.452 e. The first kappa shape index (κ1) is 20.4. The number of hydrogen-bond acceptors (Lipinski definition) is 4. The summed E-state index contributed by atoms with van der Waals surface area (Å²) in [6.45, 7) is 3.96. The van der Waals surface area contributed by atoms with Gasteiger partial charge in [0.05, 0.1) is 5.92 Å². The molecule has 3 rings (SSSR count). The lowest BCUT2D eigenvalue weighted by Gasteiger charge is -2.24. The van der Waals surface area contributed by atoms with E-state index in [2.05, 4.69) is 12.2 Å². The molecule has 0 radical (unpaired) electrons. The molecule has 2 atom stereocenters. The number of esters is 1. The minimum atomic E-state index is -0.845. The van der Waals surface area contributed by atoms with Crippen molar-refractivity contribution < 1.29 is 19.1 Å². The van der Waals surface area contributed by atoms with Gasteiger partial charge in [0, 0.05) is 24.7 Å². The van der Waals surface area contributed by atoms with Crippen LogP contribution in [0.2, 0.25) is 0 Å². The molecule has 1 saturated carbocycles. The second-order valence-corrected chi connectivity index (χ2v) is 7.85. The number of hydrogen-bond donors (Lipinski definition) is 1. The van der Waals surface area contributed by atoms with Gasteiger partial charge in [-0.05, 0) is 43.9 Å². The van der Waals surface area contributed by atoms with Gasteiger partial charge < -0.3 is 15.0 Å². The van der Waals surface area contributed by atoms with Gasteiger partial charge in [-0.1, -0.05) is 38.3 Å². The van der Waals surface area contributed by atoms with Crippen LogP contribution in [-0.4, -0.2) is 36.5 Å². The molecule has 28 heavy (non-hydrogen) atoms. The van der Waals surface area contributed by atoms with Crippen molar-refractivity contribution in [3.63, 3.8) is 0 Å². The molecule has 2 aliphatic rings. The number of amides is 2. The second kappa shape index (κ2) is 9.22. The van der Waals surface area contributed by atoms with Gasteiger partial charge in [0.15, 0.2) is 6.10 Å². The number of ether oxygens (including phenoxy) is 1. The lowest BCUT2D eigenvalue weighted by molar-refractivity contribution is -0.158. The zero-order valence-electron chi connectivity index (χ0n) is 16.8. The molecule has 1 aliphatic carbocycles. The Morgan fingerprint density at radius 2 is 1.86 bits per heavy atom. The molecule has 152 valence electrons. The van der Waals surface area contributed by atoms with Gasteiger partial charge in [-0.2, -0.15) is 0 Å². The normalized spacial score (nSPS) is 21.4. The van der Waals surface area contributed by atoms with E-state index in [9.17, 15) is 14.4 Å². The first-order valence-corrected chi connectivity index (χ1v) is 10.4. The Balaban J connectivity index is 1.52. The highest BCUT2D eigenvalue weighted by molar-refractivity contribution is 5.99. The summed E-state index contributed by atoms with van der Waals surface area (Å²) in [6, 6.07) is 7.98. The summed E-state index contributed by atoms with van der Waals surface area (Å²) in [5.41, 5.74) is 1.99. The quantitative estimate of drug-likeness (QED) is 0.763. The molecule has 0 spiro atoms. The van der Waals surface area contributed by atoms with Crippen molar-refractivity contribution in [1.82, 2.24) is 5.32 Å². The summed E-state index contributed by atoms with van der Waals surface area (Å²) in [5, 5.41) is 2.98. The lowest BCUT2D eigenvalue weighted by Crippen LogP contribution is -2.43. The van der Waals surface area contributed by atoms with Crippen LogP contribution in [0.4, 0.5) is 5.69 Å². The highest BCUT2D eigenvalue weighted by Gasteiger charge is 2.37. The van der Waals surface area contributed by atoms with Crippen LogP contribution in [-0.2, 0) is 25.5 Å². The molecular formula is C22H30N2O4. The first-order valence-electron chi connectivity index (χ1n) is 10.4. The Morgan fingerprint density at radius 3 is 2.50 bits per heavy atom. The van der Waals surface area contributed by atoms with Gasteiger partial charge in [-0.25, -0.2) is 0 Å². The molecule has 1 heterocycles. The van der Waals surface area contributed by atoms with E-state index >= 15 is 0 Å². The number of aryl methyl sites for hydroxylation is 1. The smallest absolute Gasteiger partial charge is 0.312 e. The monoisotopic (exact) mass is 386 g/mol. The topological polar surface area (TPSA) is 75.7 Å². The Hall–Kier alpha value is -2.37. The van der Waals surface area contributed by atoms with Crippen LogP contribution in [0, 0.1) is 5.92 Å². The fourth-order valence-electron chi connectivity index (χ4n) is 3.92. The van der Waals surface area contributed by atoms with Crippen LogP contribution in [0.1, 0.15) is 57.9 Å². The molecule has 0 unspecified atom stereocenters. The molecule has 1 saturated heterocycles. The van der Waals surface area contributed by atoms with Crippen molar-refractivity contribution in [2.45, 2.75) is 70.9 Å². The Kier molecular flexibility index (Phi) is 6.70. The highest BCUT2D eigenvalue weighted by Crippen LogP contribution is 2.26. The van der Waals surface area contributed by atoms with Gasteiger partial charge in [-0.15, -0.1) is 0 Å². The van der Waals surface area contributed by atoms with Crippen molar-refractivity contribution >= 4 is 23.5 Å². The first-order chi connectivity index (χ1) is 13.5. The zero-order valence-corrected chi connectivity index (χ0v) is 16.8. The summed E-state index contributed by atoms with van der Waals surface area (Å²) < 4.78 is 5.38. The molecule has 1 aliphatic heterocycles. The molecule has 0 aromatic heterocycles. The summed E-state index contributed by atoms with van der Waals surface area (Å²) in [7, 11) is 0. The third-order valence-corrected chi connectivity index (χ3v) is 5.73. The molecule has 2 amide bonds. The molecular weight excluding hydrogens is 356 g/mol. The maximum atomic E-state index is 12.5. The van der Waals surface area contributed by atoms with Crippen molar-refractivity contribution in [2.75, 3.05) is 11.4 Å². The Labute approximate surface area is 166 Å². The molecule has 2 fully saturated rings. The molecule has 1 N–H and O–H groups in total. The van der Waals surface area contributed by atoms with Crippen molar-refractivity contribution in [3.05, 3.63) is 29.8 Å². The Bertz CT molecular complexity index is 710. The number of nitrogens with one attached hydrogen (secondary N) is 1. The lowest BCUT2D eigenvalue weighted by atomic mass is 9.95. The summed E-state index contributed by atoms with van der Waals surface area (Å²) in [5.74, 6) is -1.36.